The number of nitrogens with one attached hydrogen (secondary N) is 2. The van der Waals surface area contributed by atoms with Crippen molar-refractivity contribution in [1.82, 2.24) is 19.2 Å². The van der Waals surface area contributed by atoms with Crippen LogP contribution in [0.15, 0.2) is 35.4 Å². The zero-order chi connectivity index (χ0) is 23.1. The Morgan fingerprint density at radius 3 is 2.82 bits per heavy atom. The number of aromatic nitrogens is 4. The number of carbonyl (C=O) groups is 1. The first-order valence-corrected chi connectivity index (χ1v) is 11.3. The van der Waals surface area contributed by atoms with Gasteiger partial charge in [0.15, 0.2) is 11.4 Å². The molecule has 2 aliphatic rings. The van der Waals surface area contributed by atoms with Crippen LogP contribution in [-0.4, -0.2) is 49.4 Å². The minimum atomic E-state index is -0.855. The average molecular weight is 455 g/mol. The van der Waals surface area contributed by atoms with Gasteiger partial charge in [0.1, 0.15) is 23.5 Å². The van der Waals surface area contributed by atoms with Crippen LogP contribution in [0.4, 0.5) is 21.7 Å². The lowest BCUT2D eigenvalue weighted by atomic mass is 9.90. The molecule has 0 radical (unpaired) electrons. The molecular formula is C23H27FN6O3. The van der Waals surface area contributed by atoms with Crippen molar-refractivity contribution in [2.75, 3.05) is 17.7 Å². The molecule has 3 heterocycles. The molecular weight excluding hydrogens is 427 g/mol. The highest BCUT2D eigenvalue weighted by atomic mass is 19.1. The van der Waals surface area contributed by atoms with E-state index in [0.29, 0.717) is 54.2 Å². The molecule has 9 nitrogen and oxygen atoms in total. The highest BCUT2D eigenvalue weighted by molar-refractivity contribution is 6.01. The van der Waals surface area contributed by atoms with Crippen molar-refractivity contribution in [2.45, 2.75) is 56.8 Å². The summed E-state index contributed by atoms with van der Waals surface area (Å²) in [7, 11) is 1.74. The molecule has 174 valence electrons. The number of nitrogens with zero attached hydrogens (tertiary/aromatic N) is 4. The second-order valence-electron chi connectivity index (χ2n) is 9.01. The Kier molecular flexibility index (Phi) is 5.61. The van der Waals surface area contributed by atoms with Crippen LogP contribution in [0.25, 0.3) is 5.65 Å². The van der Waals surface area contributed by atoms with E-state index in [0.717, 1.165) is 12.8 Å². The highest BCUT2D eigenvalue weighted by Crippen LogP contribution is 2.34. The minimum absolute atomic E-state index is 0.0661. The normalized spacial score (nSPS) is 24.6. The summed E-state index contributed by atoms with van der Waals surface area (Å²) < 4.78 is 16.4. The number of halogens is 1. The zero-order valence-corrected chi connectivity index (χ0v) is 18.4. The van der Waals surface area contributed by atoms with E-state index in [4.69, 9.17) is 0 Å². The second-order valence-corrected chi connectivity index (χ2v) is 9.01. The number of Topliss-reactive ketones (excluding diaryl/α,β-unsaturated/α-hetero) is 1. The molecule has 3 N–H and O–H groups in total. The molecule has 0 amide bonds. The van der Waals surface area contributed by atoms with Gasteiger partial charge in [-0.3, -0.25) is 9.59 Å². The summed E-state index contributed by atoms with van der Waals surface area (Å²) in [6.07, 6.45) is 5.22. The molecule has 3 aromatic rings. The maximum atomic E-state index is 13.3. The van der Waals surface area contributed by atoms with Gasteiger partial charge in [0.25, 0.3) is 5.56 Å². The number of pyridine rings is 1. The van der Waals surface area contributed by atoms with Gasteiger partial charge in [-0.1, -0.05) is 0 Å². The molecule has 2 atom stereocenters. The second kappa shape index (κ2) is 8.58. The summed E-state index contributed by atoms with van der Waals surface area (Å²) in [6, 6.07) is 4.98. The topological polar surface area (TPSA) is 114 Å². The molecule has 1 unspecified atom stereocenters. The van der Waals surface area contributed by atoms with E-state index >= 15 is 0 Å². The standard InChI is InChI=1S/C23H27FN6O3/c1-25-21-11-20(27-18-3-2-6-29(23(18)33)15-9-14(24)10-15)28-22-17(12-26-30(21)22)19(32)8-13-4-5-16(31)7-13/h2-3,6,11-16,25,31H,4-5,7-10H2,1H3,(H,27,28)/t13?,14?,15?,16-/m0/s1. The molecule has 5 rings (SSSR count). The largest absolute Gasteiger partial charge is 0.393 e. The number of alkyl halides is 1. The number of hydrogen-bond acceptors (Lipinski definition) is 7. The first-order valence-electron chi connectivity index (χ1n) is 11.3. The van der Waals surface area contributed by atoms with E-state index in [1.807, 2.05) is 0 Å². The molecule has 0 bridgehead atoms. The quantitative estimate of drug-likeness (QED) is 0.470. The first-order chi connectivity index (χ1) is 15.9. The Bertz CT molecular complexity index is 1250. The monoisotopic (exact) mass is 454 g/mol. The Hall–Kier alpha value is -3.27. The van der Waals surface area contributed by atoms with Gasteiger partial charge in [-0.15, -0.1) is 0 Å². The lowest BCUT2D eigenvalue weighted by Gasteiger charge is -2.31. The molecule has 10 heteroatoms. The van der Waals surface area contributed by atoms with Crippen LogP contribution in [-0.2, 0) is 0 Å². The minimum Gasteiger partial charge on any atom is -0.393 e. The van der Waals surface area contributed by atoms with Crippen molar-refractivity contribution < 1.29 is 14.3 Å². The number of rotatable bonds is 7. The fourth-order valence-electron chi connectivity index (χ4n) is 4.79. The van der Waals surface area contributed by atoms with Crippen molar-refractivity contribution in [3.8, 4) is 0 Å². The van der Waals surface area contributed by atoms with Gasteiger partial charge in [-0.2, -0.15) is 9.61 Å². The number of aliphatic hydroxyl groups excluding tert-OH is 1. The van der Waals surface area contributed by atoms with Gasteiger partial charge < -0.3 is 20.3 Å². The molecule has 33 heavy (non-hydrogen) atoms. The first kappa shape index (κ1) is 21.6. The third kappa shape index (κ3) is 4.10. The smallest absolute Gasteiger partial charge is 0.274 e. The number of fused-ring (bicyclic) bond motifs is 1. The Labute approximate surface area is 189 Å². The molecule has 0 saturated heterocycles. The van der Waals surface area contributed by atoms with E-state index < -0.39 is 6.17 Å². The van der Waals surface area contributed by atoms with Crippen LogP contribution in [0.3, 0.4) is 0 Å². The Morgan fingerprint density at radius 1 is 1.30 bits per heavy atom. The molecule has 2 saturated carbocycles. The molecule has 0 aromatic carbocycles. The fourth-order valence-corrected chi connectivity index (χ4v) is 4.79. The van der Waals surface area contributed by atoms with Crippen molar-refractivity contribution >= 4 is 28.8 Å². The van der Waals surface area contributed by atoms with E-state index in [9.17, 15) is 19.1 Å². The average Bonchev–Trinajstić information content (AvgIpc) is 3.38. The summed E-state index contributed by atoms with van der Waals surface area (Å²) in [5.41, 5.74) is 0.881. The predicted molar refractivity (Wildman–Crippen MR) is 122 cm³/mol. The molecule has 0 aliphatic heterocycles. The van der Waals surface area contributed by atoms with Crippen molar-refractivity contribution in [1.29, 1.82) is 0 Å². The number of carbonyl (C=O) groups excluding carboxylic acids is 1. The van der Waals surface area contributed by atoms with Gasteiger partial charge in [-0.25, -0.2) is 9.37 Å². The fraction of sp³-hybridized carbons (Fsp3) is 0.478. The molecule has 3 aromatic heterocycles. The van der Waals surface area contributed by atoms with Crippen LogP contribution in [0.5, 0.6) is 0 Å². The number of ketones is 1. The maximum absolute atomic E-state index is 13.3. The lowest BCUT2D eigenvalue weighted by Crippen LogP contribution is -2.35. The zero-order valence-electron chi connectivity index (χ0n) is 18.4. The van der Waals surface area contributed by atoms with Crippen LogP contribution >= 0.6 is 0 Å². The van der Waals surface area contributed by atoms with Crippen LogP contribution in [0, 0.1) is 5.92 Å². The molecule has 2 fully saturated rings. The van der Waals surface area contributed by atoms with E-state index in [-0.39, 0.29) is 29.4 Å². The van der Waals surface area contributed by atoms with Crippen molar-refractivity contribution in [3.63, 3.8) is 0 Å². The summed E-state index contributed by atoms with van der Waals surface area (Å²) in [6.45, 7) is 0. The molecule has 2 aliphatic carbocycles. The predicted octanol–water partition coefficient (Wildman–Crippen LogP) is 3.08. The van der Waals surface area contributed by atoms with Gasteiger partial charge >= 0.3 is 0 Å². The third-order valence-corrected chi connectivity index (χ3v) is 6.70. The van der Waals surface area contributed by atoms with Gasteiger partial charge in [0, 0.05) is 31.8 Å². The summed E-state index contributed by atoms with van der Waals surface area (Å²) >= 11 is 0. The van der Waals surface area contributed by atoms with Gasteiger partial charge in [0.05, 0.1) is 17.9 Å². The number of hydrogen-bond donors (Lipinski definition) is 3. The van der Waals surface area contributed by atoms with Crippen molar-refractivity contribution in [2.24, 2.45) is 5.92 Å². The van der Waals surface area contributed by atoms with Gasteiger partial charge in [0.2, 0.25) is 0 Å². The van der Waals surface area contributed by atoms with Crippen molar-refractivity contribution in [3.05, 3.63) is 46.5 Å². The van der Waals surface area contributed by atoms with Crippen LogP contribution in [0.1, 0.15) is 54.9 Å². The summed E-state index contributed by atoms with van der Waals surface area (Å²) in [4.78, 5) is 30.5. The van der Waals surface area contributed by atoms with Gasteiger partial charge in [-0.05, 0) is 50.2 Å². The van der Waals surface area contributed by atoms with E-state index in [1.165, 1.54) is 6.20 Å². The van der Waals surface area contributed by atoms with E-state index in [1.54, 1.807) is 40.5 Å². The Balaban J connectivity index is 1.44. The molecule has 0 spiro atoms. The third-order valence-electron chi connectivity index (χ3n) is 6.70. The number of aliphatic hydroxyl groups is 1. The van der Waals surface area contributed by atoms with E-state index in [2.05, 4.69) is 20.7 Å². The SMILES string of the molecule is CNc1cc(Nc2cccn(C3CC(F)C3)c2=O)nc2c(C(=O)CC3CC[C@H](O)C3)cnn12. The lowest BCUT2D eigenvalue weighted by molar-refractivity contribution is 0.0959. The van der Waals surface area contributed by atoms with Crippen LogP contribution in [0.2, 0.25) is 0 Å². The summed E-state index contributed by atoms with van der Waals surface area (Å²) in [5.74, 6) is 1.09. The number of anilines is 3. The highest BCUT2D eigenvalue weighted by Gasteiger charge is 2.31. The maximum Gasteiger partial charge on any atom is 0.274 e. The Morgan fingerprint density at radius 2 is 2.12 bits per heavy atom. The summed E-state index contributed by atoms with van der Waals surface area (Å²) in [5, 5.41) is 20.2. The van der Waals surface area contributed by atoms with Crippen LogP contribution < -0.4 is 16.2 Å².